The van der Waals surface area contributed by atoms with E-state index in [0.29, 0.717) is 10.6 Å². The summed E-state index contributed by atoms with van der Waals surface area (Å²) in [5.74, 6) is -0.134. The molecule has 0 spiro atoms. The lowest BCUT2D eigenvalue weighted by Crippen LogP contribution is -2.11. The van der Waals surface area contributed by atoms with Crippen LogP contribution in [0.3, 0.4) is 0 Å². The molecule has 1 nitrogen and oxygen atoms in total. The molecule has 0 bridgehead atoms. The molecule has 1 aromatic carbocycles. The summed E-state index contributed by atoms with van der Waals surface area (Å²) in [7, 11) is 0. The summed E-state index contributed by atoms with van der Waals surface area (Å²) in [6.07, 6.45) is 0. The summed E-state index contributed by atoms with van der Waals surface area (Å²) in [6.45, 7) is 1.64. The van der Waals surface area contributed by atoms with E-state index < -0.39 is 5.38 Å². The van der Waals surface area contributed by atoms with Gasteiger partial charge >= 0.3 is 0 Å². The summed E-state index contributed by atoms with van der Waals surface area (Å²) < 4.78 is 0.975. The molecular formula is C9H7Cl2IO. The number of hydrogen-bond donors (Lipinski definition) is 0. The molecule has 0 heterocycles. The van der Waals surface area contributed by atoms with Crippen LogP contribution in [0, 0.1) is 3.57 Å². The van der Waals surface area contributed by atoms with Gasteiger partial charge in [0, 0.05) is 9.13 Å². The molecule has 1 aromatic rings. The first-order valence-corrected chi connectivity index (χ1v) is 5.55. The molecule has 0 aliphatic carbocycles. The quantitative estimate of drug-likeness (QED) is 0.459. The number of carbonyl (C=O) groups excluding carboxylic acids is 1. The second kappa shape index (κ2) is 4.62. The Bertz CT molecular complexity index is 336. The average molecular weight is 329 g/mol. The Morgan fingerprint density at radius 3 is 2.69 bits per heavy atom. The third-order valence-corrected chi connectivity index (χ3v) is 2.75. The number of rotatable bonds is 2. The predicted octanol–water partition coefficient (Wildman–Crippen LogP) is 3.75. The van der Waals surface area contributed by atoms with Crippen molar-refractivity contribution in [3.63, 3.8) is 0 Å². The Labute approximate surface area is 101 Å². The Morgan fingerprint density at radius 2 is 2.15 bits per heavy atom. The fourth-order valence-corrected chi connectivity index (χ4v) is 1.72. The van der Waals surface area contributed by atoms with Crippen LogP contribution < -0.4 is 0 Å². The molecule has 0 radical (unpaired) electrons. The number of alkyl halides is 1. The summed E-state index contributed by atoms with van der Waals surface area (Å²) in [4.78, 5) is 11.5. The van der Waals surface area contributed by atoms with Crippen LogP contribution in [0.25, 0.3) is 0 Å². The summed E-state index contributed by atoms with van der Waals surface area (Å²) in [5.41, 5.74) is 0.496. The molecule has 1 unspecified atom stereocenters. The molecule has 0 N–H and O–H groups in total. The van der Waals surface area contributed by atoms with Crippen LogP contribution in [0.2, 0.25) is 5.02 Å². The van der Waals surface area contributed by atoms with Crippen LogP contribution in [0.15, 0.2) is 18.2 Å². The summed E-state index contributed by atoms with van der Waals surface area (Å²) in [5, 5.41) is -0.0754. The molecule has 1 rings (SSSR count). The van der Waals surface area contributed by atoms with Crippen molar-refractivity contribution in [2.75, 3.05) is 0 Å². The average Bonchev–Trinajstić information content (AvgIpc) is 2.08. The minimum atomic E-state index is -0.532. The van der Waals surface area contributed by atoms with Crippen LogP contribution in [0.5, 0.6) is 0 Å². The molecule has 1 atom stereocenters. The summed E-state index contributed by atoms with van der Waals surface area (Å²) in [6, 6.07) is 5.29. The minimum Gasteiger partial charge on any atom is -0.292 e. The van der Waals surface area contributed by atoms with Crippen LogP contribution in [-0.2, 0) is 0 Å². The van der Waals surface area contributed by atoms with Gasteiger partial charge < -0.3 is 0 Å². The van der Waals surface area contributed by atoms with E-state index in [0.717, 1.165) is 3.57 Å². The first-order valence-electron chi connectivity index (χ1n) is 3.65. The minimum absolute atomic E-state index is 0.134. The first kappa shape index (κ1) is 11.3. The van der Waals surface area contributed by atoms with Gasteiger partial charge in [-0.15, -0.1) is 11.6 Å². The molecule has 0 fully saturated rings. The van der Waals surface area contributed by atoms with E-state index in [1.54, 1.807) is 19.1 Å². The molecule has 0 saturated heterocycles. The normalized spacial score (nSPS) is 12.6. The maximum atomic E-state index is 11.5. The number of carbonyl (C=O) groups is 1. The molecular weight excluding hydrogens is 322 g/mol. The third kappa shape index (κ3) is 2.82. The second-order valence-corrected chi connectivity index (χ2v) is 4.91. The van der Waals surface area contributed by atoms with Gasteiger partial charge in [-0.05, 0) is 47.7 Å². The molecule has 0 saturated carbocycles. The van der Waals surface area contributed by atoms with Crippen molar-refractivity contribution in [2.24, 2.45) is 0 Å². The third-order valence-electron chi connectivity index (χ3n) is 1.56. The SMILES string of the molecule is CC(Cl)C(=O)c1cc(I)ccc1Cl. The Hall–Kier alpha value is 0.200. The lowest BCUT2D eigenvalue weighted by atomic mass is 10.1. The largest absolute Gasteiger partial charge is 0.292 e. The number of Topliss-reactive ketones (excluding diaryl/α,β-unsaturated/α-hetero) is 1. The highest BCUT2D eigenvalue weighted by Crippen LogP contribution is 2.21. The van der Waals surface area contributed by atoms with Gasteiger partial charge in [0.05, 0.1) is 10.4 Å². The van der Waals surface area contributed by atoms with E-state index in [1.807, 2.05) is 6.07 Å². The number of ketones is 1. The summed E-state index contributed by atoms with van der Waals surface area (Å²) >= 11 is 13.7. The monoisotopic (exact) mass is 328 g/mol. The molecule has 70 valence electrons. The highest BCUT2D eigenvalue weighted by molar-refractivity contribution is 14.1. The smallest absolute Gasteiger partial charge is 0.181 e. The van der Waals surface area contributed by atoms with Gasteiger partial charge in [-0.25, -0.2) is 0 Å². The number of halogens is 3. The number of benzene rings is 1. The van der Waals surface area contributed by atoms with E-state index in [-0.39, 0.29) is 5.78 Å². The highest BCUT2D eigenvalue weighted by atomic mass is 127. The lowest BCUT2D eigenvalue weighted by molar-refractivity contribution is 0.0992. The van der Waals surface area contributed by atoms with E-state index in [9.17, 15) is 4.79 Å². The second-order valence-electron chi connectivity index (χ2n) is 2.60. The topological polar surface area (TPSA) is 17.1 Å². The first-order chi connectivity index (χ1) is 6.02. The Balaban J connectivity index is 3.13. The van der Waals surface area contributed by atoms with Gasteiger partial charge in [0.1, 0.15) is 0 Å². The standard InChI is InChI=1S/C9H7Cl2IO/c1-5(10)9(13)7-4-6(12)2-3-8(7)11/h2-5H,1H3. The van der Waals surface area contributed by atoms with Crippen molar-refractivity contribution in [2.45, 2.75) is 12.3 Å². The van der Waals surface area contributed by atoms with Gasteiger partial charge in [-0.3, -0.25) is 4.79 Å². The van der Waals surface area contributed by atoms with Gasteiger partial charge in [0.25, 0.3) is 0 Å². The van der Waals surface area contributed by atoms with Crippen molar-refractivity contribution in [3.8, 4) is 0 Å². The lowest BCUT2D eigenvalue weighted by Gasteiger charge is -2.05. The van der Waals surface area contributed by atoms with Crippen LogP contribution in [-0.4, -0.2) is 11.2 Å². The maximum Gasteiger partial charge on any atom is 0.181 e. The van der Waals surface area contributed by atoms with Crippen molar-refractivity contribution < 1.29 is 4.79 Å². The van der Waals surface area contributed by atoms with Crippen molar-refractivity contribution >= 4 is 51.6 Å². The molecule has 0 aliphatic rings. The maximum absolute atomic E-state index is 11.5. The van der Waals surface area contributed by atoms with Crippen LogP contribution in [0.4, 0.5) is 0 Å². The van der Waals surface area contributed by atoms with Crippen molar-refractivity contribution in [1.82, 2.24) is 0 Å². The van der Waals surface area contributed by atoms with Gasteiger partial charge in [0.15, 0.2) is 5.78 Å². The number of hydrogen-bond acceptors (Lipinski definition) is 1. The van der Waals surface area contributed by atoms with E-state index in [1.165, 1.54) is 0 Å². The predicted molar refractivity (Wildman–Crippen MR) is 63.8 cm³/mol. The zero-order valence-corrected chi connectivity index (χ0v) is 10.5. The zero-order chi connectivity index (χ0) is 10.0. The van der Waals surface area contributed by atoms with E-state index in [2.05, 4.69) is 22.6 Å². The van der Waals surface area contributed by atoms with Crippen molar-refractivity contribution in [3.05, 3.63) is 32.4 Å². The van der Waals surface area contributed by atoms with Crippen molar-refractivity contribution in [1.29, 1.82) is 0 Å². The molecule has 0 aromatic heterocycles. The van der Waals surface area contributed by atoms with Crippen LogP contribution in [0.1, 0.15) is 17.3 Å². The fourth-order valence-electron chi connectivity index (χ4n) is 0.901. The van der Waals surface area contributed by atoms with E-state index >= 15 is 0 Å². The Morgan fingerprint density at radius 1 is 1.54 bits per heavy atom. The molecule has 0 amide bonds. The van der Waals surface area contributed by atoms with Gasteiger partial charge in [0.2, 0.25) is 0 Å². The van der Waals surface area contributed by atoms with E-state index in [4.69, 9.17) is 23.2 Å². The molecule has 0 aliphatic heterocycles. The van der Waals surface area contributed by atoms with Crippen LogP contribution >= 0.6 is 45.8 Å². The van der Waals surface area contributed by atoms with Gasteiger partial charge in [-0.2, -0.15) is 0 Å². The fraction of sp³-hybridized carbons (Fsp3) is 0.222. The molecule has 13 heavy (non-hydrogen) atoms. The molecule has 4 heteroatoms. The zero-order valence-electron chi connectivity index (χ0n) is 6.85. The Kier molecular flexibility index (Phi) is 4.01. The highest BCUT2D eigenvalue weighted by Gasteiger charge is 2.15. The van der Waals surface area contributed by atoms with Gasteiger partial charge in [-0.1, -0.05) is 11.6 Å².